The molecule has 0 aliphatic rings. The number of rotatable bonds is 5. The standard InChI is InChI=1S/C12H23N3OS/c1-6-9(13)8(2)11-14-10(15-16-11)7-17-12(3,4)5/h8-9H,6-7,13H2,1-5H3. The largest absolute Gasteiger partial charge is 0.339 e. The highest BCUT2D eigenvalue weighted by molar-refractivity contribution is 7.99. The average molecular weight is 257 g/mol. The molecule has 2 atom stereocenters. The first kappa shape index (κ1) is 14.5. The van der Waals surface area contributed by atoms with E-state index in [1.165, 1.54) is 0 Å². The minimum atomic E-state index is 0.0820. The summed E-state index contributed by atoms with van der Waals surface area (Å²) in [6, 6.07) is 0.0820. The van der Waals surface area contributed by atoms with E-state index >= 15 is 0 Å². The third-order valence-corrected chi connectivity index (χ3v) is 3.89. The molecular weight excluding hydrogens is 234 g/mol. The highest BCUT2D eigenvalue weighted by atomic mass is 32.2. The van der Waals surface area contributed by atoms with Gasteiger partial charge in [0.25, 0.3) is 0 Å². The van der Waals surface area contributed by atoms with Crippen molar-refractivity contribution < 1.29 is 4.52 Å². The van der Waals surface area contributed by atoms with Gasteiger partial charge in [0.05, 0.1) is 11.7 Å². The molecule has 98 valence electrons. The summed E-state index contributed by atoms with van der Waals surface area (Å²) in [4.78, 5) is 4.40. The van der Waals surface area contributed by atoms with Gasteiger partial charge in [0.1, 0.15) is 0 Å². The minimum absolute atomic E-state index is 0.0820. The molecule has 1 aromatic heterocycles. The van der Waals surface area contributed by atoms with Crippen molar-refractivity contribution in [3.05, 3.63) is 11.7 Å². The van der Waals surface area contributed by atoms with Gasteiger partial charge >= 0.3 is 0 Å². The summed E-state index contributed by atoms with van der Waals surface area (Å²) in [6.45, 7) is 10.6. The molecule has 0 saturated heterocycles. The lowest BCUT2D eigenvalue weighted by atomic mass is 10.0. The van der Waals surface area contributed by atoms with Gasteiger partial charge in [-0.3, -0.25) is 0 Å². The maximum absolute atomic E-state index is 5.97. The summed E-state index contributed by atoms with van der Waals surface area (Å²) in [7, 11) is 0. The van der Waals surface area contributed by atoms with E-state index in [1.54, 1.807) is 0 Å². The van der Waals surface area contributed by atoms with Gasteiger partial charge in [-0.1, -0.05) is 39.8 Å². The molecule has 0 spiro atoms. The van der Waals surface area contributed by atoms with Crippen LogP contribution in [0.25, 0.3) is 0 Å². The Hall–Kier alpha value is -0.550. The zero-order valence-electron chi connectivity index (χ0n) is 11.4. The van der Waals surface area contributed by atoms with Crippen molar-refractivity contribution in [1.29, 1.82) is 0 Å². The lowest BCUT2D eigenvalue weighted by Crippen LogP contribution is -2.25. The third kappa shape index (κ3) is 4.68. The zero-order valence-corrected chi connectivity index (χ0v) is 12.2. The fourth-order valence-corrected chi connectivity index (χ4v) is 2.01. The van der Waals surface area contributed by atoms with Crippen LogP contribution in [0.5, 0.6) is 0 Å². The average Bonchev–Trinajstić information content (AvgIpc) is 2.72. The Morgan fingerprint density at radius 2 is 2.06 bits per heavy atom. The molecule has 2 N–H and O–H groups in total. The monoisotopic (exact) mass is 257 g/mol. The number of hydrogen-bond acceptors (Lipinski definition) is 5. The van der Waals surface area contributed by atoms with E-state index in [0.717, 1.165) is 18.0 Å². The Balaban J connectivity index is 2.59. The smallest absolute Gasteiger partial charge is 0.231 e. The molecule has 0 fully saturated rings. The predicted octanol–water partition coefficient (Wildman–Crippen LogP) is 2.94. The van der Waals surface area contributed by atoms with Crippen molar-refractivity contribution >= 4 is 11.8 Å². The lowest BCUT2D eigenvalue weighted by Gasteiger charge is -2.15. The quantitative estimate of drug-likeness (QED) is 0.878. The Morgan fingerprint density at radius 1 is 1.41 bits per heavy atom. The molecule has 0 aliphatic carbocycles. The molecule has 1 heterocycles. The molecule has 0 aliphatic heterocycles. The number of hydrogen-bond donors (Lipinski definition) is 1. The van der Waals surface area contributed by atoms with Gasteiger partial charge in [0.15, 0.2) is 5.82 Å². The summed E-state index contributed by atoms with van der Waals surface area (Å²) >= 11 is 1.81. The van der Waals surface area contributed by atoms with Gasteiger partial charge in [0.2, 0.25) is 5.89 Å². The van der Waals surface area contributed by atoms with Crippen molar-refractivity contribution in [1.82, 2.24) is 10.1 Å². The summed E-state index contributed by atoms with van der Waals surface area (Å²) in [5, 5.41) is 3.99. The Labute approximate surface area is 108 Å². The number of thioether (sulfide) groups is 1. The van der Waals surface area contributed by atoms with Gasteiger partial charge in [0, 0.05) is 10.8 Å². The minimum Gasteiger partial charge on any atom is -0.339 e. The fourth-order valence-electron chi connectivity index (χ4n) is 1.33. The first-order valence-corrected chi connectivity index (χ1v) is 7.04. The van der Waals surface area contributed by atoms with Crippen molar-refractivity contribution in [2.75, 3.05) is 0 Å². The van der Waals surface area contributed by atoms with E-state index in [2.05, 4.69) is 37.8 Å². The molecule has 0 saturated carbocycles. The Kier molecular flexibility index (Phi) is 5.01. The van der Waals surface area contributed by atoms with E-state index in [4.69, 9.17) is 10.3 Å². The SMILES string of the molecule is CCC(N)C(C)c1nc(CSC(C)(C)C)no1. The van der Waals surface area contributed by atoms with Gasteiger partial charge < -0.3 is 10.3 Å². The second kappa shape index (κ2) is 5.87. The van der Waals surface area contributed by atoms with Crippen molar-refractivity contribution in [3.63, 3.8) is 0 Å². The van der Waals surface area contributed by atoms with Crippen LogP contribution >= 0.6 is 11.8 Å². The van der Waals surface area contributed by atoms with E-state index in [0.29, 0.717) is 5.89 Å². The Morgan fingerprint density at radius 3 is 2.59 bits per heavy atom. The van der Waals surface area contributed by atoms with Crippen LogP contribution in [0.3, 0.4) is 0 Å². The molecule has 0 aromatic carbocycles. The van der Waals surface area contributed by atoms with Gasteiger partial charge in [-0.25, -0.2) is 0 Å². The molecular formula is C12H23N3OS. The van der Waals surface area contributed by atoms with Gasteiger partial charge in [-0.15, -0.1) is 11.8 Å². The molecule has 0 bridgehead atoms. The predicted molar refractivity (Wildman–Crippen MR) is 72.0 cm³/mol. The second-order valence-electron chi connectivity index (χ2n) is 5.31. The first-order chi connectivity index (χ1) is 7.83. The molecule has 0 radical (unpaired) electrons. The molecule has 1 rings (SSSR count). The number of nitrogens with zero attached hydrogens (tertiary/aromatic N) is 2. The molecule has 5 heteroatoms. The van der Waals surface area contributed by atoms with Crippen LogP contribution < -0.4 is 5.73 Å². The van der Waals surface area contributed by atoms with Crippen LogP contribution in [0, 0.1) is 0 Å². The van der Waals surface area contributed by atoms with Crippen molar-refractivity contribution in [3.8, 4) is 0 Å². The van der Waals surface area contributed by atoms with Gasteiger partial charge in [-0.2, -0.15) is 4.98 Å². The topological polar surface area (TPSA) is 64.9 Å². The summed E-state index contributed by atoms with van der Waals surface area (Å²) in [6.07, 6.45) is 0.912. The van der Waals surface area contributed by atoms with Crippen molar-refractivity contribution in [2.24, 2.45) is 5.73 Å². The fraction of sp³-hybridized carbons (Fsp3) is 0.833. The van der Waals surface area contributed by atoms with Crippen LogP contribution in [-0.4, -0.2) is 20.9 Å². The van der Waals surface area contributed by atoms with Crippen LogP contribution in [0.2, 0.25) is 0 Å². The Bertz CT molecular complexity index is 346. The summed E-state index contributed by atoms with van der Waals surface area (Å²) in [5.41, 5.74) is 5.97. The highest BCUT2D eigenvalue weighted by Gasteiger charge is 2.20. The molecule has 2 unspecified atom stereocenters. The van der Waals surface area contributed by atoms with E-state index < -0.39 is 0 Å². The normalized spacial score (nSPS) is 15.9. The van der Waals surface area contributed by atoms with Crippen LogP contribution in [0.1, 0.15) is 58.7 Å². The molecule has 0 amide bonds. The van der Waals surface area contributed by atoms with E-state index in [-0.39, 0.29) is 16.7 Å². The molecule has 4 nitrogen and oxygen atoms in total. The van der Waals surface area contributed by atoms with Crippen LogP contribution in [-0.2, 0) is 5.75 Å². The number of nitrogens with two attached hydrogens (primary N) is 1. The summed E-state index contributed by atoms with van der Waals surface area (Å²) in [5.74, 6) is 2.32. The lowest BCUT2D eigenvalue weighted by molar-refractivity contribution is 0.337. The molecule has 17 heavy (non-hydrogen) atoms. The van der Waals surface area contributed by atoms with Crippen molar-refractivity contribution in [2.45, 2.75) is 63.5 Å². The highest BCUT2D eigenvalue weighted by Crippen LogP contribution is 2.27. The maximum atomic E-state index is 5.97. The summed E-state index contributed by atoms with van der Waals surface area (Å²) < 4.78 is 5.47. The van der Waals surface area contributed by atoms with Gasteiger partial charge in [-0.05, 0) is 6.42 Å². The van der Waals surface area contributed by atoms with Crippen LogP contribution in [0.15, 0.2) is 4.52 Å². The van der Waals surface area contributed by atoms with E-state index in [9.17, 15) is 0 Å². The van der Waals surface area contributed by atoms with E-state index in [1.807, 2.05) is 18.7 Å². The maximum Gasteiger partial charge on any atom is 0.231 e. The zero-order chi connectivity index (χ0) is 13.1. The van der Waals surface area contributed by atoms with Crippen LogP contribution in [0.4, 0.5) is 0 Å². The molecule has 1 aromatic rings. The first-order valence-electron chi connectivity index (χ1n) is 6.05. The third-order valence-electron chi connectivity index (χ3n) is 2.62. The number of aromatic nitrogens is 2. The second-order valence-corrected chi connectivity index (χ2v) is 7.11.